The molecule has 6 nitrogen and oxygen atoms in total. The Balaban J connectivity index is 2.10. The number of thioether (sulfide) groups is 1. The summed E-state index contributed by atoms with van der Waals surface area (Å²) in [6, 6.07) is 16.4. The number of hydrogen-bond acceptors (Lipinski definition) is 6. The number of aromatic amines is 1. The van der Waals surface area contributed by atoms with Gasteiger partial charge in [-0.15, -0.1) is 0 Å². The average molecular weight is 405 g/mol. The van der Waals surface area contributed by atoms with E-state index in [0.29, 0.717) is 22.0 Å². The number of rotatable bonds is 5. The molecule has 1 aromatic heterocycles. The molecule has 0 fully saturated rings. The van der Waals surface area contributed by atoms with Crippen LogP contribution in [0.3, 0.4) is 0 Å². The van der Waals surface area contributed by atoms with E-state index in [2.05, 4.69) is 9.97 Å². The summed E-state index contributed by atoms with van der Waals surface area (Å²) in [5, 5.41) is 9.92. The third-order valence-electron chi connectivity index (χ3n) is 4.16. The van der Waals surface area contributed by atoms with Crippen LogP contribution in [-0.4, -0.2) is 28.3 Å². The van der Waals surface area contributed by atoms with Crippen LogP contribution in [-0.2, 0) is 4.74 Å². The number of aromatic nitrogens is 2. The summed E-state index contributed by atoms with van der Waals surface area (Å²) in [6.45, 7) is 3.60. The zero-order valence-electron chi connectivity index (χ0n) is 16.2. The quantitative estimate of drug-likeness (QED) is 0.387. The van der Waals surface area contributed by atoms with Crippen LogP contribution in [0.5, 0.6) is 0 Å². The minimum Gasteiger partial charge on any atom is -0.459 e. The van der Waals surface area contributed by atoms with Crippen LogP contribution in [0.1, 0.15) is 29.8 Å². The molecule has 146 valence electrons. The molecule has 0 unspecified atom stereocenters. The Hall–Kier alpha value is -3.37. The monoisotopic (exact) mass is 405 g/mol. The lowest BCUT2D eigenvalue weighted by atomic mass is 9.95. The lowest BCUT2D eigenvalue weighted by molar-refractivity contribution is 0.0378. The number of carbonyl (C=O) groups excluding carboxylic acids is 1. The summed E-state index contributed by atoms with van der Waals surface area (Å²) in [6.07, 6.45) is 1.61. The van der Waals surface area contributed by atoms with Gasteiger partial charge in [0.05, 0.1) is 17.4 Å². The van der Waals surface area contributed by atoms with E-state index in [1.165, 1.54) is 11.8 Å². The molecule has 3 aromatic rings. The Bertz CT molecular complexity index is 1150. The van der Waals surface area contributed by atoms with Gasteiger partial charge >= 0.3 is 5.97 Å². The van der Waals surface area contributed by atoms with E-state index in [1.807, 2.05) is 42.5 Å². The molecule has 0 aliphatic carbocycles. The number of esters is 1. The Morgan fingerprint density at radius 3 is 2.38 bits per heavy atom. The molecule has 2 aromatic carbocycles. The molecule has 1 N–H and O–H groups in total. The minimum atomic E-state index is -0.469. The molecular weight excluding hydrogens is 386 g/mol. The summed E-state index contributed by atoms with van der Waals surface area (Å²) in [5.41, 5.74) is 2.59. The third-order valence-corrected chi connectivity index (χ3v) is 4.74. The highest BCUT2D eigenvalue weighted by Gasteiger charge is 2.17. The zero-order valence-corrected chi connectivity index (χ0v) is 17.0. The van der Waals surface area contributed by atoms with Crippen LogP contribution >= 0.6 is 11.8 Å². The van der Waals surface area contributed by atoms with Gasteiger partial charge in [0.1, 0.15) is 11.6 Å². The largest absolute Gasteiger partial charge is 0.459 e. The standard InChI is InChI=1S/C22H19N3O3S/c1-13(2)28-21(27)15-10-8-14(9-11-15)16-6-4-5-7-17(16)19-18(12-23)20(26)25-22(24-19)29-3/h4-11,13H,1-3H3,(H,24,25,26). The van der Waals surface area contributed by atoms with Crippen molar-refractivity contribution in [3.8, 4) is 28.5 Å². The summed E-state index contributed by atoms with van der Waals surface area (Å²) in [7, 11) is 0. The number of carbonyl (C=O) groups is 1. The Morgan fingerprint density at radius 2 is 1.79 bits per heavy atom. The van der Waals surface area contributed by atoms with Crippen molar-refractivity contribution in [3.05, 3.63) is 70.0 Å². The van der Waals surface area contributed by atoms with Gasteiger partial charge in [0.15, 0.2) is 5.16 Å². The van der Waals surface area contributed by atoms with Crippen LogP contribution in [0.2, 0.25) is 0 Å². The second-order valence-corrected chi connectivity index (χ2v) is 7.28. The van der Waals surface area contributed by atoms with E-state index >= 15 is 0 Å². The maximum Gasteiger partial charge on any atom is 0.338 e. The molecule has 0 aliphatic rings. The first-order valence-corrected chi connectivity index (χ1v) is 10.2. The van der Waals surface area contributed by atoms with E-state index in [-0.39, 0.29) is 17.6 Å². The first-order chi connectivity index (χ1) is 13.9. The highest BCUT2D eigenvalue weighted by Crippen LogP contribution is 2.32. The summed E-state index contributed by atoms with van der Waals surface area (Å²) in [4.78, 5) is 31.4. The van der Waals surface area contributed by atoms with Crippen LogP contribution < -0.4 is 5.56 Å². The van der Waals surface area contributed by atoms with Crippen molar-refractivity contribution in [1.82, 2.24) is 9.97 Å². The number of nitrogens with one attached hydrogen (secondary N) is 1. The fourth-order valence-electron chi connectivity index (χ4n) is 2.86. The van der Waals surface area contributed by atoms with Crippen LogP contribution in [0.15, 0.2) is 58.5 Å². The summed E-state index contributed by atoms with van der Waals surface area (Å²) < 4.78 is 5.22. The molecule has 0 saturated heterocycles. The van der Waals surface area contributed by atoms with Gasteiger partial charge in [-0.3, -0.25) is 4.79 Å². The second kappa shape index (κ2) is 8.76. The third kappa shape index (κ3) is 4.39. The van der Waals surface area contributed by atoms with Gasteiger partial charge in [0.25, 0.3) is 5.56 Å². The van der Waals surface area contributed by atoms with Gasteiger partial charge < -0.3 is 9.72 Å². The molecule has 0 radical (unpaired) electrons. The van der Waals surface area contributed by atoms with Crippen LogP contribution in [0.4, 0.5) is 0 Å². The van der Waals surface area contributed by atoms with E-state index in [9.17, 15) is 14.9 Å². The maximum atomic E-state index is 12.3. The molecule has 29 heavy (non-hydrogen) atoms. The van der Waals surface area contributed by atoms with Crippen LogP contribution in [0.25, 0.3) is 22.4 Å². The van der Waals surface area contributed by atoms with Crippen molar-refractivity contribution in [2.45, 2.75) is 25.1 Å². The van der Waals surface area contributed by atoms with Gasteiger partial charge in [0.2, 0.25) is 0 Å². The lowest BCUT2D eigenvalue weighted by Crippen LogP contribution is -2.14. The number of hydrogen-bond donors (Lipinski definition) is 1. The number of nitriles is 1. The first-order valence-electron chi connectivity index (χ1n) is 8.93. The first kappa shape index (κ1) is 20.4. The van der Waals surface area contributed by atoms with Gasteiger partial charge in [-0.1, -0.05) is 48.2 Å². The smallest absolute Gasteiger partial charge is 0.338 e. The van der Waals surface area contributed by atoms with E-state index < -0.39 is 5.56 Å². The highest BCUT2D eigenvalue weighted by atomic mass is 32.2. The average Bonchev–Trinajstić information content (AvgIpc) is 2.72. The fourth-order valence-corrected chi connectivity index (χ4v) is 3.23. The van der Waals surface area contributed by atoms with Crippen molar-refractivity contribution in [2.24, 2.45) is 0 Å². The fraction of sp³-hybridized carbons (Fsp3) is 0.182. The highest BCUT2D eigenvalue weighted by molar-refractivity contribution is 7.98. The topological polar surface area (TPSA) is 95.8 Å². The normalized spacial score (nSPS) is 10.6. The SMILES string of the molecule is CSc1nc(-c2ccccc2-c2ccc(C(=O)OC(C)C)cc2)c(C#N)c(=O)[nH]1. The summed E-state index contributed by atoms with van der Waals surface area (Å²) >= 11 is 1.30. The van der Waals surface area contributed by atoms with Crippen molar-refractivity contribution in [2.75, 3.05) is 6.26 Å². The molecular formula is C22H19N3O3S. The van der Waals surface area contributed by atoms with E-state index in [1.54, 1.807) is 32.2 Å². The van der Waals surface area contributed by atoms with E-state index in [0.717, 1.165) is 11.1 Å². The molecule has 7 heteroatoms. The van der Waals surface area contributed by atoms with Gasteiger partial charge in [-0.05, 0) is 43.4 Å². The van der Waals surface area contributed by atoms with Crippen LogP contribution in [0, 0.1) is 11.3 Å². The number of benzene rings is 2. The molecule has 0 bridgehead atoms. The second-order valence-electron chi connectivity index (χ2n) is 6.49. The maximum absolute atomic E-state index is 12.3. The van der Waals surface area contributed by atoms with Gasteiger partial charge in [-0.25, -0.2) is 9.78 Å². The van der Waals surface area contributed by atoms with Crippen molar-refractivity contribution in [1.29, 1.82) is 5.26 Å². The molecule has 0 aliphatic heterocycles. The predicted molar refractivity (Wildman–Crippen MR) is 113 cm³/mol. The number of nitrogens with zero attached hydrogens (tertiary/aromatic N) is 2. The molecule has 1 heterocycles. The molecule has 0 saturated carbocycles. The van der Waals surface area contributed by atoms with Crippen molar-refractivity contribution < 1.29 is 9.53 Å². The Labute approximate surface area is 172 Å². The van der Waals surface area contributed by atoms with Gasteiger partial charge in [-0.2, -0.15) is 5.26 Å². The molecule has 0 amide bonds. The Kier molecular flexibility index (Phi) is 6.15. The number of ether oxygens (including phenoxy) is 1. The number of H-pyrrole nitrogens is 1. The molecule has 0 spiro atoms. The van der Waals surface area contributed by atoms with Gasteiger partial charge in [0, 0.05) is 5.56 Å². The van der Waals surface area contributed by atoms with Crippen molar-refractivity contribution in [3.63, 3.8) is 0 Å². The zero-order chi connectivity index (χ0) is 21.0. The summed E-state index contributed by atoms with van der Waals surface area (Å²) in [5.74, 6) is -0.382. The van der Waals surface area contributed by atoms with E-state index in [4.69, 9.17) is 4.74 Å². The van der Waals surface area contributed by atoms with Crippen molar-refractivity contribution >= 4 is 17.7 Å². The molecule has 0 atom stereocenters. The lowest BCUT2D eigenvalue weighted by Gasteiger charge is -2.12. The predicted octanol–water partition coefficient (Wildman–Crippen LogP) is 4.26. The molecule has 3 rings (SSSR count). The Morgan fingerprint density at radius 1 is 1.14 bits per heavy atom. The minimum absolute atomic E-state index is 0.0348.